The fraction of sp³-hybridized carbons (Fsp3) is 0.310. The van der Waals surface area contributed by atoms with Gasteiger partial charge in [-0.25, -0.2) is 0 Å². The smallest absolute Gasteiger partial charge is 0.243 e. The lowest BCUT2D eigenvalue weighted by molar-refractivity contribution is -0.140. The third-order valence-electron chi connectivity index (χ3n) is 5.51. The zero-order chi connectivity index (χ0) is 27.0. The van der Waals surface area contributed by atoms with Crippen molar-refractivity contribution in [2.45, 2.75) is 51.1 Å². The summed E-state index contributed by atoms with van der Waals surface area (Å²) in [5, 5.41) is 4.23. The number of carbonyl (C=O) groups excluding carboxylic acids is 2. The van der Waals surface area contributed by atoms with Crippen LogP contribution in [0.4, 0.5) is 0 Å². The van der Waals surface area contributed by atoms with Gasteiger partial charge in [-0.1, -0.05) is 87.7 Å². The predicted octanol–water partition coefficient (Wildman–Crippen LogP) is 7.54. The van der Waals surface area contributed by atoms with E-state index in [4.69, 9.17) is 23.2 Å². The van der Waals surface area contributed by atoms with E-state index in [0.717, 1.165) is 21.2 Å². The highest BCUT2D eigenvalue weighted by Gasteiger charge is 2.32. The number of nitrogens with one attached hydrogen (secondary N) is 1. The first-order valence-electron chi connectivity index (χ1n) is 11.9. The highest BCUT2D eigenvalue weighted by molar-refractivity contribution is 9.10. The molecule has 1 unspecified atom stereocenters. The normalized spacial score (nSPS) is 12.2. The monoisotopic (exact) mass is 620 g/mol. The number of halogens is 3. The van der Waals surface area contributed by atoms with Crippen LogP contribution in [0.2, 0.25) is 10.0 Å². The van der Waals surface area contributed by atoms with Crippen molar-refractivity contribution in [3.63, 3.8) is 0 Å². The molecular weight excluding hydrogens is 591 g/mol. The third-order valence-corrected chi connectivity index (χ3v) is 7.56. The molecule has 3 aromatic carbocycles. The van der Waals surface area contributed by atoms with E-state index in [9.17, 15) is 9.59 Å². The topological polar surface area (TPSA) is 49.4 Å². The lowest BCUT2D eigenvalue weighted by Gasteiger charge is -2.34. The van der Waals surface area contributed by atoms with Crippen molar-refractivity contribution in [2.24, 2.45) is 0 Å². The summed E-state index contributed by atoms with van der Waals surface area (Å²) in [7, 11) is 0. The first kappa shape index (κ1) is 29.6. The summed E-state index contributed by atoms with van der Waals surface area (Å²) in [5.41, 5.74) is 2.41. The summed E-state index contributed by atoms with van der Waals surface area (Å²) in [6.45, 7) is 6.14. The quantitative estimate of drug-likeness (QED) is 0.254. The van der Waals surface area contributed by atoms with E-state index in [1.54, 1.807) is 17.0 Å². The van der Waals surface area contributed by atoms with Gasteiger partial charge in [0.25, 0.3) is 0 Å². The molecule has 0 aliphatic carbocycles. The van der Waals surface area contributed by atoms with Crippen molar-refractivity contribution >= 4 is 62.7 Å². The van der Waals surface area contributed by atoms with Gasteiger partial charge in [-0.2, -0.15) is 0 Å². The van der Waals surface area contributed by atoms with Crippen molar-refractivity contribution in [2.75, 3.05) is 5.75 Å². The molecule has 1 N–H and O–H groups in total. The van der Waals surface area contributed by atoms with Gasteiger partial charge in [0.2, 0.25) is 11.8 Å². The number of amides is 2. The lowest BCUT2D eigenvalue weighted by Crippen LogP contribution is -2.54. The van der Waals surface area contributed by atoms with Crippen LogP contribution in [0.15, 0.2) is 77.3 Å². The molecule has 0 fully saturated rings. The third kappa shape index (κ3) is 9.68. The van der Waals surface area contributed by atoms with Gasteiger partial charge in [-0.3, -0.25) is 9.59 Å². The minimum atomic E-state index is -0.673. The van der Waals surface area contributed by atoms with Crippen LogP contribution in [0.1, 0.15) is 37.5 Å². The summed E-state index contributed by atoms with van der Waals surface area (Å²) in [6, 6.07) is 22.3. The first-order chi connectivity index (χ1) is 17.5. The van der Waals surface area contributed by atoms with Gasteiger partial charge in [0.15, 0.2) is 0 Å². The molecular formula is C29H31BrCl2N2O2S. The molecule has 0 aliphatic heterocycles. The molecule has 0 aromatic heterocycles. The summed E-state index contributed by atoms with van der Waals surface area (Å²) < 4.78 is 0.919. The Morgan fingerprint density at radius 1 is 0.973 bits per heavy atom. The van der Waals surface area contributed by atoms with Crippen LogP contribution < -0.4 is 5.32 Å². The average molecular weight is 622 g/mol. The van der Waals surface area contributed by atoms with Gasteiger partial charge in [0.05, 0.1) is 5.75 Å². The molecule has 0 heterocycles. The molecule has 8 heteroatoms. The van der Waals surface area contributed by atoms with Gasteiger partial charge in [0.1, 0.15) is 6.04 Å². The Morgan fingerprint density at radius 2 is 1.68 bits per heavy atom. The van der Waals surface area contributed by atoms with E-state index < -0.39 is 11.6 Å². The molecule has 0 spiro atoms. The Morgan fingerprint density at radius 3 is 2.32 bits per heavy atom. The molecule has 0 radical (unpaired) electrons. The van der Waals surface area contributed by atoms with E-state index in [-0.39, 0.29) is 17.6 Å². The van der Waals surface area contributed by atoms with Crippen molar-refractivity contribution in [3.8, 4) is 0 Å². The highest BCUT2D eigenvalue weighted by atomic mass is 79.9. The summed E-state index contributed by atoms with van der Waals surface area (Å²) >= 11 is 17.3. The number of hydrogen-bond acceptors (Lipinski definition) is 3. The standard InChI is InChI=1S/C29H31BrCl2N2O2S/c1-29(2,3)33-28(36)26(15-20-8-5-4-6-9-20)34(17-21-10-7-11-23(30)14-21)27(35)19-37-18-22-12-13-24(31)16-25(22)32/h4-14,16,26H,15,17-19H2,1-3H3,(H,33,36). The van der Waals surface area contributed by atoms with Crippen molar-refractivity contribution < 1.29 is 9.59 Å². The number of thioether (sulfide) groups is 1. The Bertz CT molecular complexity index is 1220. The second-order valence-corrected chi connectivity index (χ2v) is 12.6. The molecule has 0 bridgehead atoms. The maximum absolute atomic E-state index is 13.7. The molecule has 0 saturated carbocycles. The summed E-state index contributed by atoms with van der Waals surface area (Å²) in [6.07, 6.45) is 0.413. The van der Waals surface area contributed by atoms with Crippen LogP contribution >= 0.6 is 50.9 Å². The molecule has 0 aliphatic rings. The zero-order valence-electron chi connectivity index (χ0n) is 21.1. The predicted molar refractivity (Wildman–Crippen MR) is 159 cm³/mol. The van der Waals surface area contributed by atoms with Gasteiger partial charge in [-0.15, -0.1) is 11.8 Å². The van der Waals surface area contributed by atoms with Crippen LogP contribution in [0.5, 0.6) is 0 Å². The fourth-order valence-electron chi connectivity index (χ4n) is 3.81. The van der Waals surface area contributed by atoms with Gasteiger partial charge in [-0.05, 0) is 61.7 Å². The van der Waals surface area contributed by atoms with E-state index in [1.807, 2.05) is 81.4 Å². The molecule has 196 valence electrons. The minimum absolute atomic E-state index is 0.111. The molecule has 0 saturated heterocycles. The van der Waals surface area contributed by atoms with Crippen LogP contribution in [-0.4, -0.2) is 34.0 Å². The first-order valence-corrected chi connectivity index (χ1v) is 14.6. The maximum atomic E-state index is 13.7. The van der Waals surface area contributed by atoms with Crippen molar-refractivity contribution in [3.05, 3.63) is 104 Å². The number of hydrogen-bond donors (Lipinski definition) is 1. The second kappa shape index (κ2) is 13.7. The SMILES string of the molecule is CC(C)(C)NC(=O)C(Cc1ccccc1)N(Cc1cccc(Br)c1)C(=O)CSCc1ccc(Cl)cc1Cl. The minimum Gasteiger partial charge on any atom is -0.350 e. The van der Waals surface area contributed by atoms with E-state index in [2.05, 4.69) is 21.2 Å². The number of carbonyl (C=O) groups is 2. The number of rotatable bonds is 10. The lowest BCUT2D eigenvalue weighted by atomic mass is 10.0. The van der Waals surface area contributed by atoms with Gasteiger partial charge < -0.3 is 10.2 Å². The highest BCUT2D eigenvalue weighted by Crippen LogP contribution is 2.26. The summed E-state index contributed by atoms with van der Waals surface area (Å²) in [4.78, 5) is 29.0. The molecule has 37 heavy (non-hydrogen) atoms. The summed E-state index contributed by atoms with van der Waals surface area (Å²) in [5.74, 6) is 0.482. The Kier molecular flexibility index (Phi) is 10.9. The fourth-order valence-corrected chi connectivity index (χ4v) is 5.72. The molecule has 2 amide bonds. The average Bonchev–Trinajstić information content (AvgIpc) is 2.82. The number of nitrogens with zero attached hydrogens (tertiary/aromatic N) is 1. The largest absolute Gasteiger partial charge is 0.350 e. The number of benzene rings is 3. The Labute approximate surface area is 242 Å². The van der Waals surface area contributed by atoms with Crippen molar-refractivity contribution in [1.29, 1.82) is 0 Å². The van der Waals surface area contributed by atoms with Crippen molar-refractivity contribution in [1.82, 2.24) is 10.2 Å². The Hall–Kier alpha value is -1.99. The van der Waals surface area contributed by atoms with Crippen LogP contribution in [-0.2, 0) is 28.3 Å². The molecule has 3 aromatic rings. The van der Waals surface area contributed by atoms with Crippen LogP contribution in [0, 0.1) is 0 Å². The van der Waals surface area contributed by atoms with E-state index in [1.165, 1.54) is 11.8 Å². The zero-order valence-corrected chi connectivity index (χ0v) is 25.1. The molecule has 1 atom stereocenters. The van der Waals surface area contributed by atoms with Gasteiger partial charge in [0, 0.05) is 38.8 Å². The maximum Gasteiger partial charge on any atom is 0.243 e. The van der Waals surface area contributed by atoms with E-state index in [0.29, 0.717) is 28.8 Å². The van der Waals surface area contributed by atoms with Crippen LogP contribution in [0.3, 0.4) is 0 Å². The second-order valence-electron chi connectivity index (χ2n) is 9.82. The molecule has 4 nitrogen and oxygen atoms in total. The van der Waals surface area contributed by atoms with Gasteiger partial charge >= 0.3 is 0 Å². The van der Waals surface area contributed by atoms with Crippen LogP contribution in [0.25, 0.3) is 0 Å². The molecule has 3 rings (SSSR count). The van der Waals surface area contributed by atoms with E-state index >= 15 is 0 Å². The Balaban J connectivity index is 1.87.